The molecule has 0 saturated carbocycles. The number of nitrogens with one attached hydrogen (secondary N) is 1. The quantitative estimate of drug-likeness (QED) is 0.651. The monoisotopic (exact) mass is 421 g/mol. The number of aromatic nitrogens is 2. The summed E-state index contributed by atoms with van der Waals surface area (Å²) in [5.74, 6) is 0.970. The highest BCUT2D eigenvalue weighted by Crippen LogP contribution is 2.27. The van der Waals surface area contributed by atoms with Gasteiger partial charge in [-0.2, -0.15) is 0 Å². The topological polar surface area (TPSA) is 110 Å². The molecule has 3 aromatic rings. The minimum absolute atomic E-state index is 0.133. The standard InChI is InChI=1S/C21H19N5O5/c27-20-22-8-9-25(20)18-6-3-15(11-23-18)14-1-4-16(5-2-14)26-12-17(31-21(26)28)13-29-19-7-10-30-24-19/h1-7,10-11,17H,8-9,12-13H2,(H,22,27)/t17-/m1/s1. The first kappa shape index (κ1) is 18.9. The van der Waals surface area contributed by atoms with E-state index in [1.54, 1.807) is 22.1 Å². The first-order chi connectivity index (χ1) is 15.2. The van der Waals surface area contributed by atoms with Gasteiger partial charge in [-0.3, -0.25) is 9.80 Å². The van der Waals surface area contributed by atoms with Gasteiger partial charge in [-0.25, -0.2) is 14.6 Å². The van der Waals surface area contributed by atoms with E-state index in [0.29, 0.717) is 31.3 Å². The Morgan fingerprint density at radius 3 is 2.58 bits per heavy atom. The van der Waals surface area contributed by atoms with Gasteiger partial charge in [0.25, 0.3) is 5.88 Å². The van der Waals surface area contributed by atoms with Crippen LogP contribution in [0.1, 0.15) is 0 Å². The Bertz CT molecular complexity index is 1070. The number of benzene rings is 1. The van der Waals surface area contributed by atoms with Crippen LogP contribution in [0.5, 0.6) is 5.88 Å². The largest absolute Gasteiger partial charge is 0.471 e. The molecule has 2 fully saturated rings. The lowest BCUT2D eigenvalue weighted by molar-refractivity contribution is 0.102. The number of anilines is 2. The van der Waals surface area contributed by atoms with Crippen molar-refractivity contribution in [2.24, 2.45) is 0 Å². The van der Waals surface area contributed by atoms with E-state index in [2.05, 4.69) is 15.5 Å². The maximum atomic E-state index is 12.3. The van der Waals surface area contributed by atoms with Crippen molar-refractivity contribution in [2.45, 2.75) is 6.10 Å². The Morgan fingerprint density at radius 2 is 1.90 bits per heavy atom. The van der Waals surface area contributed by atoms with Crippen molar-refractivity contribution in [3.63, 3.8) is 0 Å². The molecule has 0 spiro atoms. The molecule has 158 valence electrons. The third-order valence-corrected chi connectivity index (χ3v) is 5.10. The lowest BCUT2D eigenvalue weighted by Crippen LogP contribution is -2.28. The first-order valence-corrected chi connectivity index (χ1v) is 9.80. The number of urea groups is 1. The highest BCUT2D eigenvalue weighted by atomic mass is 16.6. The number of amides is 3. The molecule has 2 saturated heterocycles. The van der Waals surface area contributed by atoms with E-state index >= 15 is 0 Å². The molecule has 1 aromatic carbocycles. The smallest absolute Gasteiger partial charge is 0.414 e. The summed E-state index contributed by atoms with van der Waals surface area (Å²) in [6.07, 6.45) is 2.33. The number of ether oxygens (including phenoxy) is 2. The van der Waals surface area contributed by atoms with Gasteiger partial charge in [0.05, 0.1) is 6.54 Å². The molecule has 31 heavy (non-hydrogen) atoms. The number of cyclic esters (lactones) is 1. The molecule has 10 nitrogen and oxygen atoms in total. The number of hydrogen-bond acceptors (Lipinski definition) is 7. The van der Waals surface area contributed by atoms with Gasteiger partial charge >= 0.3 is 12.1 Å². The van der Waals surface area contributed by atoms with Crippen molar-refractivity contribution in [2.75, 3.05) is 36.0 Å². The molecule has 10 heteroatoms. The normalized spacial score (nSPS) is 18.3. The van der Waals surface area contributed by atoms with Crippen LogP contribution in [-0.4, -0.2) is 54.6 Å². The summed E-state index contributed by atoms with van der Waals surface area (Å²) in [7, 11) is 0. The number of carbonyl (C=O) groups excluding carboxylic acids is 2. The number of nitrogens with zero attached hydrogens (tertiary/aromatic N) is 4. The summed E-state index contributed by atoms with van der Waals surface area (Å²) in [5, 5.41) is 6.42. The summed E-state index contributed by atoms with van der Waals surface area (Å²) in [6.45, 7) is 1.80. The fraction of sp³-hybridized carbons (Fsp3) is 0.238. The highest BCUT2D eigenvalue weighted by molar-refractivity contribution is 5.93. The Morgan fingerprint density at radius 1 is 1.06 bits per heavy atom. The lowest BCUT2D eigenvalue weighted by atomic mass is 10.1. The van der Waals surface area contributed by atoms with Crippen molar-refractivity contribution in [1.82, 2.24) is 15.5 Å². The van der Waals surface area contributed by atoms with Crippen molar-refractivity contribution < 1.29 is 23.6 Å². The van der Waals surface area contributed by atoms with Gasteiger partial charge in [-0.15, -0.1) is 0 Å². The summed E-state index contributed by atoms with van der Waals surface area (Å²) in [6, 6.07) is 12.8. The van der Waals surface area contributed by atoms with Crippen LogP contribution in [0.3, 0.4) is 0 Å². The van der Waals surface area contributed by atoms with E-state index in [-0.39, 0.29) is 12.6 Å². The maximum absolute atomic E-state index is 12.3. The molecule has 1 atom stereocenters. The Hall–Kier alpha value is -4.08. The van der Waals surface area contributed by atoms with Crippen LogP contribution in [0, 0.1) is 0 Å². The van der Waals surface area contributed by atoms with Crippen LogP contribution in [0.15, 0.2) is 59.4 Å². The van der Waals surface area contributed by atoms with Crippen LogP contribution >= 0.6 is 0 Å². The first-order valence-electron chi connectivity index (χ1n) is 9.80. The minimum Gasteiger partial charge on any atom is -0.471 e. The molecule has 5 rings (SSSR count). The average molecular weight is 421 g/mol. The lowest BCUT2D eigenvalue weighted by Gasteiger charge is -2.15. The fourth-order valence-corrected chi connectivity index (χ4v) is 3.51. The van der Waals surface area contributed by atoms with Gasteiger partial charge in [0.15, 0.2) is 6.10 Å². The van der Waals surface area contributed by atoms with Crippen LogP contribution in [0.4, 0.5) is 21.1 Å². The third kappa shape index (κ3) is 3.87. The molecule has 3 amide bonds. The van der Waals surface area contributed by atoms with Crippen LogP contribution in [0.2, 0.25) is 0 Å². The molecule has 0 unspecified atom stereocenters. The average Bonchev–Trinajstić information content (AvgIpc) is 3.54. The molecular formula is C21H19N5O5. The maximum Gasteiger partial charge on any atom is 0.414 e. The van der Waals surface area contributed by atoms with Crippen molar-refractivity contribution in [3.05, 3.63) is 54.9 Å². The Labute approximate surface area is 177 Å². The second-order valence-electron chi connectivity index (χ2n) is 7.10. The zero-order chi connectivity index (χ0) is 21.2. The van der Waals surface area contributed by atoms with Crippen LogP contribution in [0.25, 0.3) is 11.1 Å². The van der Waals surface area contributed by atoms with Crippen LogP contribution in [-0.2, 0) is 4.74 Å². The number of hydrogen-bond donors (Lipinski definition) is 1. The fourth-order valence-electron chi connectivity index (χ4n) is 3.51. The predicted molar refractivity (Wildman–Crippen MR) is 110 cm³/mol. The van der Waals surface area contributed by atoms with Gasteiger partial charge < -0.3 is 19.3 Å². The van der Waals surface area contributed by atoms with Crippen molar-refractivity contribution in [3.8, 4) is 17.0 Å². The minimum atomic E-state index is -0.420. The van der Waals surface area contributed by atoms with Gasteiger partial charge in [0.2, 0.25) is 0 Å². The summed E-state index contributed by atoms with van der Waals surface area (Å²) in [4.78, 5) is 31.6. The molecule has 0 bridgehead atoms. The molecular weight excluding hydrogens is 402 g/mol. The van der Waals surface area contributed by atoms with E-state index in [1.165, 1.54) is 6.26 Å². The van der Waals surface area contributed by atoms with E-state index in [1.807, 2.05) is 36.4 Å². The second kappa shape index (κ2) is 7.98. The van der Waals surface area contributed by atoms with Gasteiger partial charge in [-0.05, 0) is 35.0 Å². The SMILES string of the molecule is O=C1O[C@@H](COc2ccon2)CN1c1ccc(-c2ccc(N3CCNC3=O)nc2)cc1. The van der Waals surface area contributed by atoms with Crippen LogP contribution < -0.4 is 19.9 Å². The van der Waals surface area contributed by atoms with Gasteiger partial charge in [0, 0.05) is 36.6 Å². The Kier molecular flexibility index (Phi) is 4.87. The van der Waals surface area contributed by atoms with Crippen molar-refractivity contribution in [1.29, 1.82) is 0 Å². The summed E-state index contributed by atoms with van der Waals surface area (Å²) in [5.41, 5.74) is 2.60. The zero-order valence-electron chi connectivity index (χ0n) is 16.4. The third-order valence-electron chi connectivity index (χ3n) is 5.10. The molecule has 2 aliphatic heterocycles. The van der Waals surface area contributed by atoms with E-state index in [9.17, 15) is 9.59 Å². The number of carbonyl (C=O) groups is 2. The number of rotatable bonds is 6. The molecule has 1 N–H and O–H groups in total. The van der Waals surface area contributed by atoms with E-state index < -0.39 is 12.2 Å². The predicted octanol–water partition coefficient (Wildman–Crippen LogP) is 2.67. The number of pyridine rings is 1. The highest BCUT2D eigenvalue weighted by Gasteiger charge is 2.33. The van der Waals surface area contributed by atoms with E-state index in [4.69, 9.17) is 14.0 Å². The van der Waals surface area contributed by atoms with E-state index in [0.717, 1.165) is 16.8 Å². The molecule has 0 aliphatic carbocycles. The second-order valence-corrected chi connectivity index (χ2v) is 7.10. The Balaban J connectivity index is 1.23. The molecule has 0 radical (unpaired) electrons. The zero-order valence-corrected chi connectivity index (χ0v) is 16.4. The molecule has 4 heterocycles. The summed E-state index contributed by atoms with van der Waals surface area (Å²) >= 11 is 0. The molecule has 2 aliphatic rings. The van der Waals surface area contributed by atoms with Gasteiger partial charge in [-0.1, -0.05) is 12.1 Å². The molecule has 2 aromatic heterocycles. The summed E-state index contributed by atoms with van der Waals surface area (Å²) < 4.78 is 15.5. The van der Waals surface area contributed by atoms with Crippen molar-refractivity contribution >= 4 is 23.6 Å². The van der Waals surface area contributed by atoms with Gasteiger partial charge in [0.1, 0.15) is 18.7 Å².